The second kappa shape index (κ2) is 7.58. The third kappa shape index (κ3) is 3.88. The highest BCUT2D eigenvalue weighted by molar-refractivity contribution is 6.30. The summed E-state index contributed by atoms with van der Waals surface area (Å²) in [5.74, 6) is 0.567. The van der Waals surface area contributed by atoms with E-state index in [0.29, 0.717) is 16.5 Å². The SMILES string of the molecule is CC(C)c1c(C(=O)NC2CNCCC2C)cnn1-c1cccc(Cl)c1. The first-order valence-electron chi connectivity index (χ1n) is 8.82. The molecule has 1 amide bonds. The first-order chi connectivity index (χ1) is 12.0. The third-order valence-corrected chi connectivity index (χ3v) is 5.03. The van der Waals surface area contributed by atoms with Gasteiger partial charge in [0.1, 0.15) is 0 Å². The summed E-state index contributed by atoms with van der Waals surface area (Å²) in [5.41, 5.74) is 2.40. The van der Waals surface area contributed by atoms with E-state index in [-0.39, 0.29) is 17.9 Å². The number of nitrogens with zero attached hydrogens (tertiary/aromatic N) is 2. The Balaban J connectivity index is 1.90. The highest BCUT2D eigenvalue weighted by atomic mass is 35.5. The van der Waals surface area contributed by atoms with Crippen LogP contribution in [0, 0.1) is 5.92 Å². The van der Waals surface area contributed by atoms with Gasteiger partial charge >= 0.3 is 0 Å². The molecule has 1 saturated heterocycles. The van der Waals surface area contributed by atoms with Gasteiger partial charge in [-0.3, -0.25) is 4.79 Å². The lowest BCUT2D eigenvalue weighted by molar-refractivity contribution is 0.0914. The minimum absolute atomic E-state index is 0.0578. The molecule has 2 N–H and O–H groups in total. The summed E-state index contributed by atoms with van der Waals surface area (Å²) >= 11 is 6.11. The van der Waals surface area contributed by atoms with Crippen molar-refractivity contribution in [2.75, 3.05) is 13.1 Å². The number of rotatable bonds is 4. The summed E-state index contributed by atoms with van der Waals surface area (Å²) in [4.78, 5) is 12.9. The van der Waals surface area contributed by atoms with Crippen LogP contribution in [0.3, 0.4) is 0 Å². The van der Waals surface area contributed by atoms with Crippen molar-refractivity contribution in [3.05, 3.63) is 46.7 Å². The zero-order valence-electron chi connectivity index (χ0n) is 14.9. The van der Waals surface area contributed by atoms with E-state index >= 15 is 0 Å². The van der Waals surface area contributed by atoms with Gasteiger partial charge in [0.2, 0.25) is 0 Å². The molecule has 25 heavy (non-hydrogen) atoms. The van der Waals surface area contributed by atoms with Crippen molar-refractivity contribution in [1.82, 2.24) is 20.4 Å². The third-order valence-electron chi connectivity index (χ3n) is 4.79. The van der Waals surface area contributed by atoms with Gasteiger partial charge in [0.15, 0.2) is 0 Å². The summed E-state index contributed by atoms with van der Waals surface area (Å²) in [7, 11) is 0. The molecule has 1 aromatic carbocycles. The van der Waals surface area contributed by atoms with Crippen LogP contribution in [0.2, 0.25) is 5.02 Å². The standard InChI is InChI=1S/C19H25ClN4O/c1-12(2)18-16(19(25)23-17-11-21-8-7-13(17)3)10-22-24(18)15-6-4-5-14(20)9-15/h4-6,9-10,12-13,17,21H,7-8,11H2,1-3H3,(H,23,25). The van der Waals surface area contributed by atoms with Gasteiger partial charge in [-0.25, -0.2) is 4.68 Å². The Labute approximate surface area is 153 Å². The zero-order chi connectivity index (χ0) is 18.0. The first-order valence-corrected chi connectivity index (χ1v) is 9.20. The normalized spacial score (nSPS) is 20.7. The van der Waals surface area contributed by atoms with Gasteiger partial charge in [-0.1, -0.05) is 38.4 Å². The molecule has 5 nitrogen and oxygen atoms in total. The van der Waals surface area contributed by atoms with Crippen molar-refractivity contribution in [1.29, 1.82) is 0 Å². The van der Waals surface area contributed by atoms with Gasteiger partial charge in [0.25, 0.3) is 5.91 Å². The van der Waals surface area contributed by atoms with E-state index in [1.807, 2.05) is 28.9 Å². The van der Waals surface area contributed by atoms with Crippen LogP contribution in [0.5, 0.6) is 0 Å². The Bertz CT molecular complexity index is 756. The molecule has 1 fully saturated rings. The van der Waals surface area contributed by atoms with Crippen LogP contribution in [0.15, 0.2) is 30.5 Å². The molecule has 6 heteroatoms. The molecule has 134 valence electrons. The van der Waals surface area contributed by atoms with Gasteiger partial charge in [-0.2, -0.15) is 5.10 Å². The Morgan fingerprint density at radius 2 is 2.24 bits per heavy atom. The zero-order valence-corrected chi connectivity index (χ0v) is 15.7. The van der Waals surface area contributed by atoms with E-state index < -0.39 is 0 Å². The van der Waals surface area contributed by atoms with Crippen LogP contribution in [0.1, 0.15) is 49.2 Å². The number of nitrogens with one attached hydrogen (secondary N) is 2. The Morgan fingerprint density at radius 1 is 1.44 bits per heavy atom. The molecule has 0 aliphatic carbocycles. The predicted octanol–water partition coefficient (Wildman–Crippen LogP) is 3.38. The van der Waals surface area contributed by atoms with Crippen LogP contribution in [0.4, 0.5) is 0 Å². The quantitative estimate of drug-likeness (QED) is 0.878. The number of halogens is 1. The first kappa shape index (κ1) is 18.0. The molecular formula is C19H25ClN4O. The van der Waals surface area contributed by atoms with Gasteiger partial charge in [-0.15, -0.1) is 0 Å². The van der Waals surface area contributed by atoms with E-state index in [0.717, 1.165) is 30.9 Å². The maximum atomic E-state index is 12.9. The van der Waals surface area contributed by atoms with E-state index in [9.17, 15) is 4.79 Å². The van der Waals surface area contributed by atoms with E-state index in [2.05, 4.69) is 36.5 Å². The number of carbonyl (C=O) groups excluding carboxylic acids is 1. The van der Waals surface area contributed by atoms with Gasteiger partial charge in [0, 0.05) is 17.6 Å². The second-order valence-corrected chi connectivity index (χ2v) is 7.48. The Kier molecular flexibility index (Phi) is 5.45. The number of hydrogen-bond donors (Lipinski definition) is 2. The lowest BCUT2D eigenvalue weighted by atomic mass is 9.94. The molecule has 2 atom stereocenters. The largest absolute Gasteiger partial charge is 0.348 e. The van der Waals surface area contributed by atoms with Crippen molar-refractivity contribution in [3.8, 4) is 5.69 Å². The van der Waals surface area contributed by atoms with Gasteiger partial charge < -0.3 is 10.6 Å². The summed E-state index contributed by atoms with van der Waals surface area (Å²) in [6, 6.07) is 7.66. The number of aromatic nitrogens is 2. The van der Waals surface area contributed by atoms with Gasteiger partial charge in [-0.05, 0) is 43.0 Å². The lowest BCUT2D eigenvalue weighted by Gasteiger charge is -2.30. The molecule has 0 bridgehead atoms. The summed E-state index contributed by atoms with van der Waals surface area (Å²) < 4.78 is 1.81. The summed E-state index contributed by atoms with van der Waals surface area (Å²) in [5, 5.41) is 11.6. The summed E-state index contributed by atoms with van der Waals surface area (Å²) in [6.45, 7) is 8.15. The Morgan fingerprint density at radius 3 is 2.92 bits per heavy atom. The molecule has 2 heterocycles. The molecule has 0 saturated carbocycles. The van der Waals surface area contributed by atoms with Crippen LogP contribution in [-0.2, 0) is 0 Å². The number of carbonyl (C=O) groups is 1. The van der Waals surface area contributed by atoms with Crippen LogP contribution >= 0.6 is 11.6 Å². The predicted molar refractivity (Wildman–Crippen MR) is 101 cm³/mol. The number of amides is 1. The summed E-state index contributed by atoms with van der Waals surface area (Å²) in [6.07, 6.45) is 2.73. The van der Waals surface area contributed by atoms with E-state index in [4.69, 9.17) is 11.6 Å². The monoisotopic (exact) mass is 360 g/mol. The highest BCUT2D eigenvalue weighted by Crippen LogP contribution is 2.25. The lowest BCUT2D eigenvalue weighted by Crippen LogP contribution is -2.50. The van der Waals surface area contributed by atoms with Crippen molar-refractivity contribution in [2.45, 2.75) is 39.2 Å². The minimum Gasteiger partial charge on any atom is -0.348 e. The topological polar surface area (TPSA) is 59.0 Å². The van der Waals surface area contributed by atoms with E-state index in [1.54, 1.807) is 6.20 Å². The molecule has 3 rings (SSSR count). The molecule has 0 spiro atoms. The fourth-order valence-corrected chi connectivity index (χ4v) is 3.52. The van der Waals surface area contributed by atoms with Crippen LogP contribution < -0.4 is 10.6 Å². The smallest absolute Gasteiger partial charge is 0.255 e. The fraction of sp³-hybridized carbons (Fsp3) is 0.474. The fourth-order valence-electron chi connectivity index (χ4n) is 3.33. The van der Waals surface area contributed by atoms with Crippen molar-refractivity contribution < 1.29 is 4.79 Å². The maximum Gasteiger partial charge on any atom is 0.255 e. The average Bonchev–Trinajstić information content (AvgIpc) is 3.02. The number of hydrogen-bond acceptors (Lipinski definition) is 3. The van der Waals surface area contributed by atoms with E-state index in [1.165, 1.54) is 0 Å². The van der Waals surface area contributed by atoms with Crippen molar-refractivity contribution in [3.63, 3.8) is 0 Å². The maximum absolute atomic E-state index is 12.9. The van der Waals surface area contributed by atoms with Crippen molar-refractivity contribution >= 4 is 17.5 Å². The number of benzene rings is 1. The van der Waals surface area contributed by atoms with Crippen molar-refractivity contribution in [2.24, 2.45) is 5.92 Å². The van der Waals surface area contributed by atoms with Gasteiger partial charge in [0.05, 0.1) is 23.1 Å². The van der Waals surface area contributed by atoms with Crippen LogP contribution in [-0.4, -0.2) is 34.8 Å². The minimum atomic E-state index is -0.0578. The molecular weight excluding hydrogens is 336 g/mol. The Hall–Kier alpha value is -1.85. The molecule has 2 unspecified atom stereocenters. The average molecular weight is 361 g/mol. The molecule has 1 aliphatic rings. The molecule has 2 aromatic rings. The molecule has 0 radical (unpaired) electrons. The second-order valence-electron chi connectivity index (χ2n) is 7.04. The van der Waals surface area contributed by atoms with Crippen LogP contribution in [0.25, 0.3) is 5.69 Å². The highest BCUT2D eigenvalue weighted by Gasteiger charge is 2.26. The molecule has 1 aromatic heterocycles. The number of piperidine rings is 1. The molecule has 1 aliphatic heterocycles.